The van der Waals surface area contributed by atoms with Gasteiger partial charge in [0.15, 0.2) is 0 Å². The highest BCUT2D eigenvalue weighted by Gasteiger charge is 2.48. The fourth-order valence-electron chi connectivity index (χ4n) is 5.14. The number of methoxy groups -OCH3 is 1. The first-order valence-corrected chi connectivity index (χ1v) is 10.8. The molecule has 0 spiro atoms. The number of nitrogens with zero attached hydrogens (tertiary/aromatic N) is 2. The van der Waals surface area contributed by atoms with E-state index in [4.69, 9.17) is 4.74 Å². The van der Waals surface area contributed by atoms with Gasteiger partial charge in [0.25, 0.3) is 0 Å². The monoisotopic (exact) mass is 417 g/mol. The summed E-state index contributed by atoms with van der Waals surface area (Å²) in [5, 5.41) is 1.11. The topological polar surface area (TPSA) is 65.6 Å². The minimum atomic E-state index is -0.512. The van der Waals surface area contributed by atoms with Gasteiger partial charge in [0.05, 0.1) is 13.7 Å². The van der Waals surface area contributed by atoms with E-state index in [1.54, 1.807) is 16.9 Å². The van der Waals surface area contributed by atoms with E-state index < -0.39 is 12.1 Å². The standard InChI is InChI=1S/C25H27N3O3/c1-15(2)13-27-14-22(29)28-20(25(27)30)12-18-16-8-4-6-10-19(16)26-23(18)24(28)17-9-5-7-11-21(17)31-3/h4-11,15,20,24,26H,12-14H2,1-3H3/t20-,24?/m0/s1. The molecule has 1 aromatic heterocycles. The molecule has 31 heavy (non-hydrogen) atoms. The molecule has 2 aromatic carbocycles. The number of nitrogens with one attached hydrogen (secondary N) is 1. The van der Waals surface area contributed by atoms with Gasteiger partial charge < -0.3 is 19.5 Å². The Balaban J connectivity index is 1.71. The van der Waals surface area contributed by atoms with Crippen LogP contribution in [0.2, 0.25) is 0 Å². The number of H-pyrrole nitrogens is 1. The second kappa shape index (κ2) is 7.45. The van der Waals surface area contributed by atoms with Crippen molar-refractivity contribution < 1.29 is 14.3 Å². The number of aromatic nitrogens is 1. The van der Waals surface area contributed by atoms with Crippen molar-refractivity contribution in [2.45, 2.75) is 32.4 Å². The molecule has 1 saturated heterocycles. The summed E-state index contributed by atoms with van der Waals surface area (Å²) < 4.78 is 5.66. The van der Waals surface area contributed by atoms with Crippen LogP contribution in [0, 0.1) is 5.92 Å². The smallest absolute Gasteiger partial charge is 0.246 e. The molecule has 0 radical (unpaired) electrons. The quantitative estimate of drug-likeness (QED) is 0.706. The second-order valence-electron chi connectivity index (χ2n) is 8.84. The molecule has 3 aromatic rings. The Hall–Kier alpha value is -3.28. The summed E-state index contributed by atoms with van der Waals surface area (Å²) in [5.41, 5.74) is 3.99. The number of hydrogen-bond donors (Lipinski definition) is 1. The largest absolute Gasteiger partial charge is 0.496 e. The van der Waals surface area contributed by atoms with E-state index in [0.717, 1.165) is 27.7 Å². The first-order valence-electron chi connectivity index (χ1n) is 10.8. The maximum Gasteiger partial charge on any atom is 0.246 e. The van der Waals surface area contributed by atoms with Crippen LogP contribution in [0.25, 0.3) is 10.9 Å². The van der Waals surface area contributed by atoms with E-state index in [9.17, 15) is 9.59 Å². The van der Waals surface area contributed by atoms with Gasteiger partial charge in [-0.15, -0.1) is 0 Å². The summed E-state index contributed by atoms with van der Waals surface area (Å²) in [7, 11) is 1.64. The molecule has 1 unspecified atom stereocenters. The summed E-state index contributed by atoms with van der Waals surface area (Å²) >= 11 is 0. The normalized spacial score (nSPS) is 20.9. The van der Waals surface area contributed by atoms with Crippen LogP contribution in [0.15, 0.2) is 48.5 Å². The molecule has 0 aliphatic carbocycles. The van der Waals surface area contributed by atoms with Crippen molar-refractivity contribution in [3.63, 3.8) is 0 Å². The number of amides is 2. The van der Waals surface area contributed by atoms with E-state index in [1.165, 1.54) is 0 Å². The van der Waals surface area contributed by atoms with Gasteiger partial charge in [-0.2, -0.15) is 0 Å². The zero-order valence-corrected chi connectivity index (χ0v) is 18.1. The van der Waals surface area contributed by atoms with Gasteiger partial charge in [0, 0.05) is 35.1 Å². The molecule has 2 aliphatic heterocycles. The van der Waals surface area contributed by atoms with Crippen molar-refractivity contribution in [2.75, 3.05) is 20.2 Å². The third-order valence-electron chi connectivity index (χ3n) is 6.36. The highest BCUT2D eigenvalue weighted by atomic mass is 16.5. The third kappa shape index (κ3) is 3.09. The minimum absolute atomic E-state index is 0.0227. The van der Waals surface area contributed by atoms with Crippen LogP contribution in [0.3, 0.4) is 0 Å². The second-order valence-corrected chi connectivity index (χ2v) is 8.84. The number of ether oxygens (including phenoxy) is 1. The predicted octanol–water partition coefficient (Wildman–Crippen LogP) is 3.52. The molecule has 5 rings (SSSR count). The molecular weight excluding hydrogens is 390 g/mol. The van der Waals surface area contributed by atoms with Crippen molar-refractivity contribution in [3.8, 4) is 5.75 Å². The van der Waals surface area contributed by atoms with Crippen molar-refractivity contribution in [3.05, 3.63) is 65.4 Å². The summed E-state index contributed by atoms with van der Waals surface area (Å²) in [6.45, 7) is 4.85. The van der Waals surface area contributed by atoms with Crippen LogP contribution in [0.5, 0.6) is 5.75 Å². The van der Waals surface area contributed by atoms with Gasteiger partial charge in [0.1, 0.15) is 17.8 Å². The zero-order chi connectivity index (χ0) is 21.7. The number of benzene rings is 2. The van der Waals surface area contributed by atoms with Crippen molar-refractivity contribution in [2.24, 2.45) is 5.92 Å². The Morgan fingerprint density at radius 3 is 2.61 bits per heavy atom. The molecule has 1 fully saturated rings. The lowest BCUT2D eigenvalue weighted by molar-refractivity contribution is -0.159. The van der Waals surface area contributed by atoms with E-state index in [2.05, 4.69) is 24.9 Å². The van der Waals surface area contributed by atoms with Crippen molar-refractivity contribution in [1.82, 2.24) is 14.8 Å². The number of rotatable bonds is 4. The Kier molecular flexibility index (Phi) is 4.73. The summed E-state index contributed by atoms with van der Waals surface area (Å²) in [4.78, 5) is 34.1. The maximum atomic E-state index is 13.5. The summed E-state index contributed by atoms with van der Waals surface area (Å²) in [6.07, 6.45) is 0.518. The van der Waals surface area contributed by atoms with E-state index in [-0.39, 0.29) is 18.4 Å². The van der Waals surface area contributed by atoms with Gasteiger partial charge >= 0.3 is 0 Å². The summed E-state index contributed by atoms with van der Waals surface area (Å²) in [6, 6.07) is 15.0. The van der Waals surface area contributed by atoms with Crippen LogP contribution in [0.1, 0.15) is 36.7 Å². The van der Waals surface area contributed by atoms with Crippen LogP contribution < -0.4 is 4.74 Å². The van der Waals surface area contributed by atoms with Crippen LogP contribution in [-0.2, 0) is 16.0 Å². The Bertz CT molecular complexity index is 1170. The number of hydrogen-bond acceptors (Lipinski definition) is 3. The van der Waals surface area contributed by atoms with Crippen molar-refractivity contribution in [1.29, 1.82) is 0 Å². The Labute approximate surface area is 181 Å². The lowest BCUT2D eigenvalue weighted by Gasteiger charge is -2.47. The molecule has 2 amide bonds. The molecule has 1 N–H and O–H groups in total. The minimum Gasteiger partial charge on any atom is -0.496 e. The number of carbonyl (C=O) groups excluding carboxylic acids is 2. The fraction of sp³-hybridized carbons (Fsp3) is 0.360. The maximum absolute atomic E-state index is 13.5. The van der Waals surface area contributed by atoms with Gasteiger partial charge in [-0.25, -0.2) is 0 Å². The van der Waals surface area contributed by atoms with Gasteiger partial charge in [-0.3, -0.25) is 9.59 Å². The van der Waals surface area contributed by atoms with Crippen LogP contribution in [-0.4, -0.2) is 52.8 Å². The molecule has 2 atom stereocenters. The number of para-hydroxylation sites is 2. The number of carbonyl (C=O) groups is 2. The lowest BCUT2D eigenvalue weighted by Crippen LogP contribution is -2.63. The highest BCUT2D eigenvalue weighted by molar-refractivity contribution is 5.97. The number of aromatic amines is 1. The molecule has 2 aliphatic rings. The first-order chi connectivity index (χ1) is 15.0. The molecule has 0 bridgehead atoms. The molecule has 0 saturated carbocycles. The van der Waals surface area contributed by atoms with E-state index >= 15 is 0 Å². The van der Waals surface area contributed by atoms with Crippen molar-refractivity contribution >= 4 is 22.7 Å². The van der Waals surface area contributed by atoms with Gasteiger partial charge in [0.2, 0.25) is 11.8 Å². The third-order valence-corrected chi connectivity index (χ3v) is 6.36. The van der Waals surface area contributed by atoms with Crippen LogP contribution in [0.4, 0.5) is 0 Å². The van der Waals surface area contributed by atoms with E-state index in [1.807, 2.05) is 42.5 Å². The highest BCUT2D eigenvalue weighted by Crippen LogP contribution is 2.44. The fourth-order valence-corrected chi connectivity index (χ4v) is 5.14. The average molecular weight is 418 g/mol. The summed E-state index contributed by atoms with van der Waals surface area (Å²) in [5.74, 6) is 1.03. The Morgan fingerprint density at radius 2 is 1.84 bits per heavy atom. The molecule has 6 nitrogen and oxygen atoms in total. The molecule has 6 heteroatoms. The molecular formula is C25H27N3O3. The van der Waals surface area contributed by atoms with Gasteiger partial charge in [-0.05, 0) is 23.6 Å². The number of piperazine rings is 1. The van der Waals surface area contributed by atoms with Gasteiger partial charge in [-0.1, -0.05) is 50.2 Å². The molecule has 160 valence electrons. The number of fused-ring (bicyclic) bond motifs is 4. The lowest BCUT2D eigenvalue weighted by atomic mass is 9.85. The predicted molar refractivity (Wildman–Crippen MR) is 119 cm³/mol. The van der Waals surface area contributed by atoms with Crippen LogP contribution >= 0.6 is 0 Å². The Morgan fingerprint density at radius 1 is 1.10 bits per heavy atom. The molecule has 3 heterocycles. The SMILES string of the molecule is COc1ccccc1C1c2[nH]c3ccccc3c2C[C@H]2C(=O)N(CC(C)C)CC(=O)N12. The van der Waals surface area contributed by atoms with E-state index in [0.29, 0.717) is 24.6 Å². The zero-order valence-electron chi connectivity index (χ0n) is 18.1. The first kappa shape index (κ1) is 19.7. The average Bonchev–Trinajstić information content (AvgIpc) is 3.14.